The largest absolute Gasteiger partial charge is 0.271 e. The van der Waals surface area contributed by atoms with Gasteiger partial charge in [0.1, 0.15) is 0 Å². The predicted molar refractivity (Wildman–Crippen MR) is 72.8 cm³/mol. The van der Waals surface area contributed by atoms with Crippen molar-refractivity contribution in [2.45, 2.75) is 19.9 Å². The fourth-order valence-corrected chi connectivity index (χ4v) is 4.18. The highest BCUT2D eigenvalue weighted by molar-refractivity contribution is 9.10. The quantitative estimate of drug-likeness (QED) is 0.675. The first kappa shape index (κ1) is 12.2. The van der Waals surface area contributed by atoms with E-state index in [1.165, 1.54) is 10.4 Å². The zero-order valence-corrected chi connectivity index (χ0v) is 12.2. The number of rotatable bonds is 3. The fraction of sp³-hybridized carbons (Fsp3) is 0.300. The van der Waals surface area contributed by atoms with Crippen molar-refractivity contribution in [1.82, 2.24) is 10.4 Å². The van der Waals surface area contributed by atoms with Gasteiger partial charge in [0.25, 0.3) is 0 Å². The third kappa shape index (κ3) is 2.21. The summed E-state index contributed by atoms with van der Waals surface area (Å²) in [5.41, 5.74) is 5.07. The molecule has 2 rings (SSSR count). The van der Waals surface area contributed by atoms with Gasteiger partial charge in [-0.05, 0) is 35.2 Å². The number of aromatic nitrogens is 1. The highest BCUT2D eigenvalue weighted by Gasteiger charge is 2.20. The standard InChI is InChI=1S/C10H12BrN3S2/c1-5-10(16-6(2)13-5)9(14-12)7-3-15-4-8(7)11/h3-4,9,14H,12H2,1-2H3. The van der Waals surface area contributed by atoms with Crippen molar-refractivity contribution >= 4 is 38.6 Å². The Morgan fingerprint density at radius 2 is 2.19 bits per heavy atom. The molecule has 0 saturated carbocycles. The average Bonchev–Trinajstić information content (AvgIpc) is 2.77. The summed E-state index contributed by atoms with van der Waals surface area (Å²) in [6, 6.07) is 0.0202. The van der Waals surface area contributed by atoms with Gasteiger partial charge < -0.3 is 0 Å². The van der Waals surface area contributed by atoms with Crippen molar-refractivity contribution in [3.05, 3.63) is 36.4 Å². The second-order valence-electron chi connectivity index (χ2n) is 3.46. The molecule has 2 aromatic rings. The normalized spacial score (nSPS) is 13.0. The lowest BCUT2D eigenvalue weighted by Crippen LogP contribution is -2.28. The van der Waals surface area contributed by atoms with Gasteiger partial charge in [-0.25, -0.2) is 10.4 Å². The molecule has 0 amide bonds. The zero-order valence-electron chi connectivity index (χ0n) is 8.95. The molecule has 2 heterocycles. The van der Waals surface area contributed by atoms with Gasteiger partial charge in [-0.15, -0.1) is 11.3 Å². The molecule has 0 aliphatic rings. The maximum Gasteiger partial charge on any atom is 0.0900 e. The number of thiophene rings is 1. The van der Waals surface area contributed by atoms with E-state index in [9.17, 15) is 0 Å². The minimum atomic E-state index is 0.0202. The number of halogens is 1. The molecule has 6 heteroatoms. The molecule has 0 bridgehead atoms. The first-order chi connectivity index (χ1) is 7.63. The van der Waals surface area contributed by atoms with E-state index < -0.39 is 0 Å². The van der Waals surface area contributed by atoms with E-state index in [-0.39, 0.29) is 6.04 Å². The van der Waals surface area contributed by atoms with Crippen LogP contribution in [0.25, 0.3) is 0 Å². The molecule has 16 heavy (non-hydrogen) atoms. The molecular formula is C10H12BrN3S2. The summed E-state index contributed by atoms with van der Waals surface area (Å²) in [6.07, 6.45) is 0. The van der Waals surface area contributed by atoms with Crippen LogP contribution in [0.3, 0.4) is 0 Å². The first-order valence-corrected chi connectivity index (χ1v) is 7.30. The summed E-state index contributed by atoms with van der Waals surface area (Å²) in [7, 11) is 0. The SMILES string of the molecule is Cc1nc(C)c(C(NN)c2cscc2Br)s1. The first-order valence-electron chi connectivity index (χ1n) is 4.75. The molecular weight excluding hydrogens is 306 g/mol. The van der Waals surface area contributed by atoms with Crippen molar-refractivity contribution in [1.29, 1.82) is 0 Å². The Morgan fingerprint density at radius 3 is 2.62 bits per heavy atom. The average molecular weight is 318 g/mol. The third-order valence-corrected chi connectivity index (χ3v) is 5.21. The molecule has 0 spiro atoms. The molecule has 86 valence electrons. The fourth-order valence-electron chi connectivity index (χ4n) is 1.62. The van der Waals surface area contributed by atoms with Gasteiger partial charge in [0.05, 0.1) is 21.6 Å². The zero-order chi connectivity index (χ0) is 11.7. The van der Waals surface area contributed by atoms with E-state index in [1.54, 1.807) is 22.7 Å². The minimum Gasteiger partial charge on any atom is -0.271 e. The third-order valence-electron chi connectivity index (χ3n) is 2.32. The van der Waals surface area contributed by atoms with Crippen molar-refractivity contribution in [2.24, 2.45) is 5.84 Å². The summed E-state index contributed by atoms with van der Waals surface area (Å²) >= 11 is 6.88. The summed E-state index contributed by atoms with van der Waals surface area (Å²) < 4.78 is 1.09. The van der Waals surface area contributed by atoms with Crippen LogP contribution in [0, 0.1) is 13.8 Å². The molecule has 1 atom stereocenters. The van der Waals surface area contributed by atoms with Gasteiger partial charge in [-0.3, -0.25) is 5.84 Å². The van der Waals surface area contributed by atoms with Crippen LogP contribution >= 0.6 is 38.6 Å². The number of nitrogens with two attached hydrogens (primary N) is 1. The van der Waals surface area contributed by atoms with Crippen LogP contribution in [-0.2, 0) is 0 Å². The van der Waals surface area contributed by atoms with Crippen molar-refractivity contribution in [3.63, 3.8) is 0 Å². The van der Waals surface area contributed by atoms with Crippen molar-refractivity contribution < 1.29 is 0 Å². The van der Waals surface area contributed by atoms with Crippen LogP contribution in [0.2, 0.25) is 0 Å². The molecule has 0 fully saturated rings. The van der Waals surface area contributed by atoms with E-state index >= 15 is 0 Å². The van der Waals surface area contributed by atoms with Crippen molar-refractivity contribution in [2.75, 3.05) is 0 Å². The monoisotopic (exact) mass is 317 g/mol. The lowest BCUT2D eigenvalue weighted by Gasteiger charge is -2.14. The topological polar surface area (TPSA) is 50.9 Å². The highest BCUT2D eigenvalue weighted by atomic mass is 79.9. The molecule has 0 aliphatic carbocycles. The van der Waals surface area contributed by atoms with Crippen LogP contribution in [0.5, 0.6) is 0 Å². The summed E-state index contributed by atoms with van der Waals surface area (Å²) in [5, 5.41) is 5.23. The molecule has 0 aliphatic heterocycles. The minimum absolute atomic E-state index is 0.0202. The number of hydrazine groups is 1. The van der Waals surface area contributed by atoms with Gasteiger partial charge in [0, 0.05) is 15.4 Å². The molecule has 0 aromatic carbocycles. The van der Waals surface area contributed by atoms with E-state index in [0.29, 0.717) is 0 Å². The Hall–Kier alpha value is -0.270. The molecule has 0 radical (unpaired) electrons. The van der Waals surface area contributed by atoms with Gasteiger partial charge in [0.2, 0.25) is 0 Å². The number of nitrogens with one attached hydrogen (secondary N) is 1. The van der Waals surface area contributed by atoms with E-state index in [4.69, 9.17) is 5.84 Å². The van der Waals surface area contributed by atoms with E-state index in [2.05, 4.69) is 37.1 Å². The van der Waals surface area contributed by atoms with Gasteiger partial charge in [0.15, 0.2) is 0 Å². The smallest absolute Gasteiger partial charge is 0.0900 e. The van der Waals surface area contributed by atoms with E-state index in [0.717, 1.165) is 15.2 Å². The Kier molecular flexibility index (Phi) is 3.76. The van der Waals surface area contributed by atoms with Gasteiger partial charge >= 0.3 is 0 Å². The second kappa shape index (κ2) is 4.93. The Balaban J connectivity index is 2.44. The number of nitrogens with zero attached hydrogens (tertiary/aromatic N) is 1. The molecule has 3 nitrogen and oxygen atoms in total. The van der Waals surface area contributed by atoms with Gasteiger partial charge in [-0.2, -0.15) is 11.3 Å². The molecule has 0 saturated heterocycles. The van der Waals surface area contributed by atoms with Crippen LogP contribution in [0.1, 0.15) is 27.2 Å². The Bertz CT molecular complexity index is 492. The molecule has 1 unspecified atom stereocenters. The van der Waals surface area contributed by atoms with Crippen LogP contribution in [0.4, 0.5) is 0 Å². The van der Waals surface area contributed by atoms with Crippen molar-refractivity contribution in [3.8, 4) is 0 Å². The van der Waals surface area contributed by atoms with Crippen LogP contribution in [-0.4, -0.2) is 4.98 Å². The summed E-state index contributed by atoms with van der Waals surface area (Å²) in [4.78, 5) is 5.61. The highest BCUT2D eigenvalue weighted by Crippen LogP contribution is 2.35. The van der Waals surface area contributed by atoms with Crippen LogP contribution in [0.15, 0.2) is 15.2 Å². The summed E-state index contributed by atoms with van der Waals surface area (Å²) in [5.74, 6) is 5.66. The predicted octanol–water partition coefficient (Wildman–Crippen LogP) is 3.14. The Labute approximate surface area is 111 Å². The maximum absolute atomic E-state index is 5.66. The lowest BCUT2D eigenvalue weighted by atomic mass is 10.1. The van der Waals surface area contributed by atoms with E-state index in [1.807, 2.05) is 13.8 Å². The molecule has 3 N–H and O–H groups in total. The number of thiazole rings is 1. The maximum atomic E-state index is 5.66. The second-order valence-corrected chi connectivity index (χ2v) is 6.29. The number of hydrogen-bond donors (Lipinski definition) is 2. The lowest BCUT2D eigenvalue weighted by molar-refractivity contribution is 0.642. The Morgan fingerprint density at radius 1 is 1.44 bits per heavy atom. The summed E-state index contributed by atoms with van der Waals surface area (Å²) in [6.45, 7) is 4.03. The number of hydrogen-bond acceptors (Lipinski definition) is 5. The number of aryl methyl sites for hydroxylation is 2. The van der Waals surface area contributed by atoms with Gasteiger partial charge in [-0.1, -0.05) is 0 Å². The van der Waals surface area contributed by atoms with Crippen LogP contribution < -0.4 is 11.3 Å². The molecule has 2 aromatic heterocycles.